The topological polar surface area (TPSA) is 0 Å². The van der Waals surface area contributed by atoms with Crippen molar-refractivity contribution in [1.29, 1.82) is 0 Å². The first kappa shape index (κ1) is 16.4. The largest absolute Gasteiger partial charge is 0.147 e. The zero-order chi connectivity index (χ0) is 13.2. The van der Waals surface area contributed by atoms with Crippen LogP contribution in [-0.2, 0) is 0 Å². The van der Waals surface area contributed by atoms with E-state index in [1.54, 1.807) is 0 Å². The van der Waals surface area contributed by atoms with E-state index in [1.807, 2.05) is 36.4 Å². The molecule has 0 saturated heterocycles. The highest BCUT2D eigenvalue weighted by Gasteiger charge is 1.92. The molecule has 0 spiro atoms. The van der Waals surface area contributed by atoms with Crippen LogP contribution in [0.2, 0.25) is 0 Å². The molecule has 0 unspecified atom stereocenters. The summed E-state index contributed by atoms with van der Waals surface area (Å²) in [5.74, 6) is 0. The van der Waals surface area contributed by atoms with Crippen molar-refractivity contribution in [3.05, 3.63) is 97.1 Å². The van der Waals surface area contributed by atoms with Crippen LogP contribution in [0.5, 0.6) is 0 Å². The van der Waals surface area contributed by atoms with Crippen LogP contribution in [0.25, 0.3) is 0 Å². The maximum atomic E-state index is 2.17. The molecule has 3 aromatic carbocycles. The summed E-state index contributed by atoms with van der Waals surface area (Å²) in [7, 11) is 0.777. The highest BCUT2D eigenvalue weighted by atomic mass is 35.5. The lowest BCUT2D eigenvalue weighted by Gasteiger charge is -2.00. The molecule has 0 radical (unpaired) electrons. The summed E-state index contributed by atoms with van der Waals surface area (Å²) in [6, 6.07) is 33.2. The maximum absolute atomic E-state index is 2.17. The summed E-state index contributed by atoms with van der Waals surface area (Å²) in [5.41, 5.74) is 0. The molecule has 0 fully saturated rings. The Hall–Kier alpha value is -1.62. The lowest BCUT2D eigenvalue weighted by atomic mass is 10.4. The molecule has 102 valence electrons. The zero-order valence-electron chi connectivity index (χ0n) is 11.1. The van der Waals surface area contributed by atoms with Crippen molar-refractivity contribution in [2.45, 2.75) is 0 Å². The monoisotopic (exact) mass is 300 g/mol. The molecular formula is C18H18ClP. The number of hydrogen-bond donors (Lipinski definition) is 0. The fraction of sp³-hybridized carbons (Fsp3) is 0. The smallest absolute Gasteiger partial charge is 0.0226 e. The molecule has 0 atom stereocenters. The van der Waals surface area contributed by atoms with E-state index >= 15 is 0 Å². The van der Waals surface area contributed by atoms with Crippen LogP contribution >= 0.6 is 21.0 Å². The zero-order valence-corrected chi connectivity index (χ0v) is 13.0. The van der Waals surface area contributed by atoms with Gasteiger partial charge in [-0.3, -0.25) is 0 Å². The van der Waals surface area contributed by atoms with Crippen molar-refractivity contribution in [1.82, 2.24) is 0 Å². The first-order valence-corrected chi connectivity index (χ1v) is 7.32. The molecule has 0 aliphatic heterocycles. The third-order valence-electron chi connectivity index (χ3n) is 2.50. The van der Waals surface area contributed by atoms with Gasteiger partial charge in [-0.25, -0.2) is 0 Å². The molecule has 3 rings (SSSR count). The molecule has 0 heterocycles. The Morgan fingerprint density at radius 1 is 0.400 bits per heavy atom. The Morgan fingerprint density at radius 3 is 0.950 bits per heavy atom. The molecule has 20 heavy (non-hydrogen) atoms. The van der Waals surface area contributed by atoms with Crippen LogP contribution in [0.1, 0.15) is 0 Å². The van der Waals surface area contributed by atoms with Crippen molar-refractivity contribution in [2.75, 3.05) is 0 Å². The van der Waals surface area contributed by atoms with Crippen molar-refractivity contribution in [3.63, 3.8) is 0 Å². The van der Waals surface area contributed by atoms with Gasteiger partial charge in [0.15, 0.2) is 0 Å². The van der Waals surface area contributed by atoms with Crippen molar-refractivity contribution < 1.29 is 0 Å². The number of benzene rings is 3. The van der Waals surface area contributed by atoms with Gasteiger partial charge in [0.25, 0.3) is 0 Å². The Balaban J connectivity index is 0.000000243. The van der Waals surface area contributed by atoms with Crippen LogP contribution in [0.4, 0.5) is 0 Å². The summed E-state index contributed by atoms with van der Waals surface area (Å²) in [5, 5.41) is 2.79. The molecule has 2 heteroatoms. The van der Waals surface area contributed by atoms with Crippen molar-refractivity contribution in [3.8, 4) is 0 Å². The second kappa shape index (κ2) is 10.2. The summed E-state index contributed by atoms with van der Waals surface area (Å²) in [4.78, 5) is 0. The molecule has 0 saturated carbocycles. The van der Waals surface area contributed by atoms with E-state index in [-0.39, 0.29) is 12.4 Å². The summed E-state index contributed by atoms with van der Waals surface area (Å²) < 4.78 is 0. The summed E-state index contributed by atoms with van der Waals surface area (Å²) in [6.45, 7) is 0. The lowest BCUT2D eigenvalue weighted by molar-refractivity contribution is 1.72. The quantitative estimate of drug-likeness (QED) is 0.614. The van der Waals surface area contributed by atoms with E-state index in [0.29, 0.717) is 0 Å². The average molecular weight is 301 g/mol. The maximum Gasteiger partial charge on any atom is -0.0226 e. The van der Waals surface area contributed by atoms with E-state index in [4.69, 9.17) is 0 Å². The standard InChI is InChI=1S/C12H11P.C6H6.ClH/c1-3-7-11(8-4-1)13-12-9-5-2-6-10-12;1-2-4-6-5-3-1;/h1-10,13H;1-6H;1H. The lowest BCUT2D eigenvalue weighted by Crippen LogP contribution is -2.01. The fourth-order valence-electron chi connectivity index (χ4n) is 1.59. The predicted octanol–water partition coefficient (Wildman–Crippen LogP) is 4.42. The van der Waals surface area contributed by atoms with Gasteiger partial charge in [0.05, 0.1) is 0 Å². The van der Waals surface area contributed by atoms with Crippen molar-refractivity contribution >= 4 is 31.6 Å². The van der Waals surface area contributed by atoms with Gasteiger partial charge in [-0.05, 0) is 10.6 Å². The molecule has 0 bridgehead atoms. The van der Waals surface area contributed by atoms with Crippen LogP contribution in [0.15, 0.2) is 97.1 Å². The van der Waals surface area contributed by atoms with E-state index in [9.17, 15) is 0 Å². The van der Waals surface area contributed by atoms with E-state index < -0.39 is 0 Å². The molecule has 0 N–H and O–H groups in total. The second-order valence-electron chi connectivity index (χ2n) is 4.01. The van der Waals surface area contributed by atoms with Gasteiger partial charge in [-0.2, -0.15) is 0 Å². The fourth-order valence-corrected chi connectivity index (χ4v) is 2.65. The third-order valence-corrected chi connectivity index (χ3v) is 3.75. The first-order valence-electron chi connectivity index (χ1n) is 6.32. The van der Waals surface area contributed by atoms with E-state index in [1.165, 1.54) is 10.6 Å². The Labute approximate surface area is 129 Å². The first-order chi connectivity index (χ1) is 9.45. The number of halogens is 1. The minimum absolute atomic E-state index is 0. The Bertz CT molecular complexity index is 488. The number of rotatable bonds is 2. The molecule has 0 aliphatic carbocycles. The molecule has 0 aromatic heterocycles. The van der Waals surface area contributed by atoms with Gasteiger partial charge in [0.2, 0.25) is 0 Å². The highest BCUT2D eigenvalue weighted by Crippen LogP contribution is 2.08. The highest BCUT2D eigenvalue weighted by molar-refractivity contribution is 7.55. The summed E-state index contributed by atoms with van der Waals surface area (Å²) in [6.07, 6.45) is 0. The van der Waals surface area contributed by atoms with Crippen LogP contribution in [-0.4, -0.2) is 0 Å². The SMILES string of the molecule is Cl.c1ccc(Pc2ccccc2)cc1.c1ccccc1. The van der Waals surface area contributed by atoms with Gasteiger partial charge >= 0.3 is 0 Å². The minimum Gasteiger partial charge on any atom is -0.147 e. The van der Waals surface area contributed by atoms with Gasteiger partial charge in [0.1, 0.15) is 0 Å². The Kier molecular flexibility index (Phi) is 8.38. The van der Waals surface area contributed by atoms with Crippen LogP contribution in [0.3, 0.4) is 0 Å². The normalized spacial score (nSPS) is 8.80. The van der Waals surface area contributed by atoms with E-state index in [0.717, 1.165) is 8.58 Å². The van der Waals surface area contributed by atoms with Gasteiger partial charge < -0.3 is 0 Å². The summed E-state index contributed by atoms with van der Waals surface area (Å²) >= 11 is 0. The Morgan fingerprint density at radius 2 is 0.650 bits per heavy atom. The molecule has 0 aliphatic rings. The molecule has 0 nitrogen and oxygen atoms in total. The van der Waals surface area contributed by atoms with Crippen molar-refractivity contribution in [2.24, 2.45) is 0 Å². The van der Waals surface area contributed by atoms with E-state index in [2.05, 4.69) is 60.7 Å². The molecule has 0 amide bonds. The van der Waals surface area contributed by atoms with Crippen LogP contribution in [0, 0.1) is 0 Å². The van der Waals surface area contributed by atoms with Gasteiger partial charge in [-0.15, -0.1) is 12.4 Å². The average Bonchev–Trinajstić information content (AvgIpc) is 2.52. The second-order valence-corrected chi connectivity index (χ2v) is 5.42. The minimum atomic E-state index is 0. The third kappa shape index (κ3) is 6.52. The van der Waals surface area contributed by atoms with Crippen LogP contribution < -0.4 is 10.6 Å². The number of hydrogen-bond acceptors (Lipinski definition) is 0. The molecular weight excluding hydrogens is 283 g/mol. The molecule has 3 aromatic rings. The predicted molar refractivity (Wildman–Crippen MR) is 94.2 cm³/mol. The van der Waals surface area contributed by atoms with Gasteiger partial charge in [-0.1, -0.05) is 106 Å². The van der Waals surface area contributed by atoms with Gasteiger partial charge in [0, 0.05) is 0 Å².